The Morgan fingerprint density at radius 1 is 1.19 bits per heavy atom. The van der Waals surface area contributed by atoms with Gasteiger partial charge in [-0.15, -0.1) is 0 Å². The van der Waals surface area contributed by atoms with Gasteiger partial charge < -0.3 is 5.32 Å². The van der Waals surface area contributed by atoms with E-state index in [4.69, 9.17) is 0 Å². The highest BCUT2D eigenvalue weighted by molar-refractivity contribution is 7.92. The maximum atomic E-state index is 11.9. The minimum Gasteiger partial charge on any atom is -0.312 e. The van der Waals surface area contributed by atoms with Gasteiger partial charge in [-0.25, -0.2) is 8.42 Å². The lowest BCUT2D eigenvalue weighted by atomic mass is 10.0. The Bertz CT molecular complexity index is 301. The van der Waals surface area contributed by atoms with Crippen LogP contribution in [0.1, 0.15) is 52.4 Å². The van der Waals surface area contributed by atoms with Crippen molar-refractivity contribution < 1.29 is 8.42 Å². The second kappa shape index (κ2) is 5.50. The fraction of sp³-hybridized carbons (Fsp3) is 1.00. The van der Waals surface area contributed by atoms with Crippen LogP contribution in [0.2, 0.25) is 0 Å². The van der Waals surface area contributed by atoms with Crippen molar-refractivity contribution in [1.29, 1.82) is 0 Å². The molecular weight excluding hydrogens is 222 g/mol. The monoisotopic (exact) mass is 247 g/mol. The zero-order valence-corrected chi connectivity index (χ0v) is 11.6. The molecule has 4 heteroatoms. The Hall–Kier alpha value is -0.0900. The molecule has 0 radical (unpaired) electrons. The highest BCUT2D eigenvalue weighted by Crippen LogP contribution is 2.26. The second-order valence-corrected chi connectivity index (χ2v) is 7.43. The van der Waals surface area contributed by atoms with E-state index < -0.39 is 14.6 Å². The maximum absolute atomic E-state index is 11.9. The summed E-state index contributed by atoms with van der Waals surface area (Å²) in [5.74, 6) is 0. The first-order valence-electron chi connectivity index (χ1n) is 6.38. The van der Waals surface area contributed by atoms with Gasteiger partial charge in [0.25, 0.3) is 0 Å². The lowest BCUT2D eigenvalue weighted by molar-refractivity contribution is 0.417. The van der Waals surface area contributed by atoms with Crippen LogP contribution in [0.3, 0.4) is 0 Å². The van der Waals surface area contributed by atoms with Gasteiger partial charge in [0.15, 0.2) is 9.84 Å². The van der Waals surface area contributed by atoms with Crippen molar-refractivity contribution in [2.45, 2.75) is 63.2 Å². The van der Waals surface area contributed by atoms with Gasteiger partial charge in [-0.2, -0.15) is 0 Å². The molecular formula is C12H25NO2S. The fourth-order valence-corrected chi connectivity index (χ4v) is 4.01. The summed E-state index contributed by atoms with van der Waals surface area (Å²) in [6, 6.07) is 0.541. The Labute approximate surface area is 99.9 Å². The van der Waals surface area contributed by atoms with Gasteiger partial charge in [0.2, 0.25) is 0 Å². The van der Waals surface area contributed by atoms with Gasteiger partial charge in [0, 0.05) is 18.8 Å². The van der Waals surface area contributed by atoms with E-state index >= 15 is 0 Å². The molecule has 0 aliphatic heterocycles. The highest BCUT2D eigenvalue weighted by Gasteiger charge is 2.37. The number of rotatable bonds is 6. The van der Waals surface area contributed by atoms with Crippen molar-refractivity contribution in [3.05, 3.63) is 0 Å². The zero-order chi connectivity index (χ0) is 12.2. The molecule has 1 aliphatic carbocycles. The molecule has 0 atom stereocenters. The zero-order valence-electron chi connectivity index (χ0n) is 10.8. The largest absolute Gasteiger partial charge is 0.312 e. The van der Waals surface area contributed by atoms with Crippen molar-refractivity contribution in [3.63, 3.8) is 0 Å². The fourth-order valence-electron chi connectivity index (χ4n) is 2.62. The Morgan fingerprint density at radius 3 is 2.06 bits per heavy atom. The Kier molecular flexibility index (Phi) is 4.80. The van der Waals surface area contributed by atoms with E-state index in [2.05, 4.69) is 5.32 Å². The molecule has 1 saturated carbocycles. The van der Waals surface area contributed by atoms with Crippen LogP contribution in [-0.4, -0.2) is 32.0 Å². The molecule has 0 heterocycles. The molecule has 16 heavy (non-hydrogen) atoms. The van der Waals surface area contributed by atoms with Crippen LogP contribution in [-0.2, 0) is 9.84 Å². The van der Waals surface area contributed by atoms with Gasteiger partial charge in [0.1, 0.15) is 0 Å². The number of sulfone groups is 1. The third-order valence-corrected chi connectivity index (χ3v) is 6.44. The molecule has 1 N–H and O–H groups in total. The summed E-state index contributed by atoms with van der Waals surface area (Å²) in [4.78, 5) is 0. The van der Waals surface area contributed by atoms with E-state index in [1.54, 1.807) is 0 Å². The third-order valence-electron chi connectivity index (χ3n) is 4.14. The summed E-state index contributed by atoms with van der Waals surface area (Å²) in [6.45, 7) is 4.56. The van der Waals surface area contributed by atoms with E-state index in [1.807, 2.05) is 13.8 Å². The van der Waals surface area contributed by atoms with E-state index in [1.165, 1.54) is 31.9 Å². The molecule has 1 aliphatic rings. The molecule has 0 aromatic carbocycles. The van der Waals surface area contributed by atoms with Crippen molar-refractivity contribution in [1.82, 2.24) is 5.32 Å². The molecule has 0 saturated heterocycles. The number of nitrogens with one attached hydrogen (secondary N) is 1. The van der Waals surface area contributed by atoms with Crippen LogP contribution in [0.25, 0.3) is 0 Å². The molecule has 96 valence electrons. The number of hydrogen-bond acceptors (Lipinski definition) is 3. The second-order valence-electron chi connectivity index (χ2n) is 5.02. The summed E-state index contributed by atoms with van der Waals surface area (Å²) in [6.07, 6.45) is 7.73. The topological polar surface area (TPSA) is 46.2 Å². The maximum Gasteiger partial charge on any atom is 0.154 e. The van der Waals surface area contributed by atoms with Crippen molar-refractivity contribution in [2.75, 3.05) is 12.8 Å². The van der Waals surface area contributed by atoms with E-state index in [0.717, 1.165) is 0 Å². The summed E-state index contributed by atoms with van der Waals surface area (Å²) >= 11 is 0. The van der Waals surface area contributed by atoms with E-state index in [-0.39, 0.29) is 0 Å². The first-order valence-corrected chi connectivity index (χ1v) is 8.27. The normalized spacial score (nSPS) is 19.2. The van der Waals surface area contributed by atoms with Crippen LogP contribution < -0.4 is 5.32 Å². The molecule has 3 nitrogen and oxygen atoms in total. The summed E-state index contributed by atoms with van der Waals surface area (Å²) in [5.41, 5.74) is 0. The van der Waals surface area contributed by atoms with Crippen molar-refractivity contribution in [3.8, 4) is 0 Å². The Balaban J connectivity index is 2.63. The molecule has 0 aromatic rings. The van der Waals surface area contributed by atoms with E-state index in [0.29, 0.717) is 25.4 Å². The van der Waals surface area contributed by atoms with Crippen LogP contribution in [0.4, 0.5) is 0 Å². The highest BCUT2D eigenvalue weighted by atomic mass is 32.2. The summed E-state index contributed by atoms with van der Waals surface area (Å²) in [5, 5.41) is 3.45. The number of hydrogen-bond donors (Lipinski definition) is 1. The third kappa shape index (κ3) is 2.98. The van der Waals surface area contributed by atoms with E-state index in [9.17, 15) is 8.42 Å². The average Bonchev–Trinajstić information content (AvgIpc) is 2.71. The summed E-state index contributed by atoms with van der Waals surface area (Å²) < 4.78 is 23.2. The molecule has 0 amide bonds. The standard InChI is InChI=1S/C12H25NO2S/c1-4-12(5-2,16(3,14)15)10-13-11-8-6-7-9-11/h11,13H,4-10H2,1-3H3. The molecule has 0 spiro atoms. The summed E-state index contributed by atoms with van der Waals surface area (Å²) in [7, 11) is -2.98. The van der Waals surface area contributed by atoms with Crippen LogP contribution in [0.15, 0.2) is 0 Å². The van der Waals surface area contributed by atoms with Gasteiger partial charge in [-0.1, -0.05) is 26.7 Å². The van der Waals surface area contributed by atoms with Gasteiger partial charge in [0.05, 0.1) is 4.75 Å². The molecule has 1 fully saturated rings. The van der Waals surface area contributed by atoms with Gasteiger partial charge in [-0.05, 0) is 25.7 Å². The predicted octanol–water partition coefficient (Wildman–Crippen LogP) is 2.12. The lowest BCUT2D eigenvalue weighted by Gasteiger charge is -2.31. The smallest absolute Gasteiger partial charge is 0.154 e. The quantitative estimate of drug-likeness (QED) is 0.782. The first-order chi connectivity index (χ1) is 7.45. The van der Waals surface area contributed by atoms with Crippen LogP contribution in [0, 0.1) is 0 Å². The minimum atomic E-state index is -2.98. The molecule has 1 rings (SSSR count). The Morgan fingerprint density at radius 2 is 1.69 bits per heavy atom. The predicted molar refractivity (Wildman–Crippen MR) is 68.4 cm³/mol. The van der Waals surface area contributed by atoms with Crippen LogP contribution >= 0.6 is 0 Å². The minimum absolute atomic E-state index is 0.541. The SMILES string of the molecule is CCC(CC)(CNC1CCCC1)S(C)(=O)=O. The van der Waals surface area contributed by atoms with Gasteiger partial charge >= 0.3 is 0 Å². The first kappa shape index (κ1) is 14.0. The van der Waals surface area contributed by atoms with Crippen molar-refractivity contribution >= 4 is 9.84 Å². The molecule has 0 aromatic heterocycles. The average molecular weight is 247 g/mol. The van der Waals surface area contributed by atoms with Crippen molar-refractivity contribution in [2.24, 2.45) is 0 Å². The molecule has 0 unspecified atom stereocenters. The van der Waals surface area contributed by atoms with Crippen LogP contribution in [0.5, 0.6) is 0 Å². The van der Waals surface area contributed by atoms with Gasteiger partial charge in [-0.3, -0.25) is 0 Å². The lowest BCUT2D eigenvalue weighted by Crippen LogP contribution is -2.48. The molecule has 0 bridgehead atoms.